The van der Waals surface area contributed by atoms with Gasteiger partial charge in [-0.2, -0.15) is 0 Å². The van der Waals surface area contributed by atoms with E-state index < -0.39 is 0 Å². The molecule has 0 bridgehead atoms. The molecule has 0 unspecified atom stereocenters. The van der Waals surface area contributed by atoms with Crippen molar-refractivity contribution in [3.05, 3.63) is 35.1 Å². The van der Waals surface area contributed by atoms with E-state index in [2.05, 4.69) is 13.0 Å². The van der Waals surface area contributed by atoms with Crippen LogP contribution in [-0.4, -0.2) is 11.7 Å². The predicted molar refractivity (Wildman–Crippen MR) is 65.8 cm³/mol. The Kier molecular flexibility index (Phi) is 2.55. The van der Waals surface area contributed by atoms with Crippen LogP contribution in [0.5, 0.6) is 0 Å². The average Bonchev–Trinajstić information content (AvgIpc) is 2.55. The van der Waals surface area contributed by atoms with Crippen molar-refractivity contribution in [2.24, 2.45) is 0 Å². The van der Waals surface area contributed by atoms with E-state index in [9.17, 15) is 5.11 Å². The van der Waals surface area contributed by atoms with Gasteiger partial charge in [0.25, 0.3) is 0 Å². The number of aryl methyl sites for hydroxylation is 2. The van der Waals surface area contributed by atoms with Crippen molar-refractivity contribution in [1.82, 2.24) is 0 Å². The quantitative estimate of drug-likeness (QED) is 0.838. The first kappa shape index (κ1) is 11.2. The summed E-state index contributed by atoms with van der Waals surface area (Å²) < 4.78 is 5.81. The number of hydrogen-bond acceptors (Lipinski definition) is 2. The van der Waals surface area contributed by atoms with E-state index in [1.54, 1.807) is 0 Å². The Hall–Kier alpha value is -1.28. The summed E-state index contributed by atoms with van der Waals surface area (Å²) in [5, 5.41) is 10.6. The van der Waals surface area contributed by atoms with Gasteiger partial charge in [-0.05, 0) is 19.4 Å². The van der Waals surface area contributed by atoms with Gasteiger partial charge < -0.3 is 9.52 Å². The molecule has 2 rings (SSSR count). The Morgan fingerprint density at radius 3 is 2.56 bits per heavy atom. The van der Waals surface area contributed by atoms with Crippen LogP contribution < -0.4 is 0 Å². The van der Waals surface area contributed by atoms with Crippen LogP contribution in [0.25, 0.3) is 11.0 Å². The third kappa shape index (κ3) is 1.54. The van der Waals surface area contributed by atoms with Gasteiger partial charge in [0.15, 0.2) is 0 Å². The highest BCUT2D eigenvalue weighted by Crippen LogP contribution is 2.34. The maximum Gasteiger partial charge on any atom is 0.138 e. The summed E-state index contributed by atoms with van der Waals surface area (Å²) in [4.78, 5) is 0. The van der Waals surface area contributed by atoms with Gasteiger partial charge in [0.1, 0.15) is 11.3 Å². The lowest BCUT2D eigenvalue weighted by Gasteiger charge is -2.22. The van der Waals surface area contributed by atoms with E-state index in [1.807, 2.05) is 32.9 Å². The summed E-state index contributed by atoms with van der Waals surface area (Å²) in [6.45, 7) is 8.21. The minimum absolute atomic E-state index is 0.116. The van der Waals surface area contributed by atoms with Gasteiger partial charge in [0, 0.05) is 16.4 Å². The van der Waals surface area contributed by atoms with Crippen molar-refractivity contribution in [3.63, 3.8) is 0 Å². The third-order valence-electron chi connectivity index (χ3n) is 3.33. The van der Waals surface area contributed by atoms with Gasteiger partial charge in [0.05, 0.1) is 6.61 Å². The summed E-state index contributed by atoms with van der Waals surface area (Å²) in [6, 6.07) is 6.12. The van der Waals surface area contributed by atoms with Gasteiger partial charge in [-0.3, -0.25) is 0 Å². The number of para-hydroxylation sites is 1. The molecule has 2 heteroatoms. The van der Waals surface area contributed by atoms with Crippen molar-refractivity contribution in [1.29, 1.82) is 0 Å². The van der Waals surface area contributed by atoms with Crippen LogP contribution in [0.1, 0.15) is 30.7 Å². The molecule has 0 aliphatic rings. The van der Waals surface area contributed by atoms with Gasteiger partial charge >= 0.3 is 0 Å². The molecule has 0 saturated carbocycles. The van der Waals surface area contributed by atoms with Crippen molar-refractivity contribution in [2.45, 2.75) is 33.1 Å². The third-order valence-corrected chi connectivity index (χ3v) is 3.33. The largest absolute Gasteiger partial charge is 0.461 e. The SMILES string of the molecule is Cc1oc2c(C(C)(C)CO)cccc2c1C. The normalized spacial score (nSPS) is 12.3. The molecule has 0 atom stereocenters. The Morgan fingerprint density at radius 1 is 1.25 bits per heavy atom. The highest BCUT2D eigenvalue weighted by Gasteiger charge is 2.24. The zero-order chi connectivity index (χ0) is 11.9. The smallest absolute Gasteiger partial charge is 0.138 e. The van der Waals surface area contributed by atoms with Crippen molar-refractivity contribution in [2.75, 3.05) is 6.61 Å². The highest BCUT2D eigenvalue weighted by molar-refractivity contribution is 5.85. The number of fused-ring (bicyclic) bond motifs is 1. The molecular weight excluding hydrogens is 200 g/mol. The van der Waals surface area contributed by atoms with Crippen LogP contribution in [0.2, 0.25) is 0 Å². The average molecular weight is 218 g/mol. The molecule has 0 fully saturated rings. The monoisotopic (exact) mass is 218 g/mol. The van der Waals surface area contributed by atoms with Crippen LogP contribution in [0.15, 0.2) is 22.6 Å². The summed E-state index contributed by atoms with van der Waals surface area (Å²) in [7, 11) is 0. The van der Waals surface area contributed by atoms with E-state index in [4.69, 9.17) is 4.42 Å². The Labute approximate surface area is 95.9 Å². The molecular formula is C14H18O2. The summed E-state index contributed by atoms with van der Waals surface area (Å²) >= 11 is 0. The zero-order valence-electron chi connectivity index (χ0n) is 10.3. The van der Waals surface area contributed by atoms with E-state index in [0.29, 0.717) is 0 Å². The second-order valence-corrected chi connectivity index (χ2v) is 5.01. The van der Waals surface area contributed by atoms with E-state index in [0.717, 1.165) is 22.3 Å². The molecule has 0 radical (unpaired) electrons. The first-order valence-electron chi connectivity index (χ1n) is 5.57. The Bertz CT molecular complexity index is 521. The summed E-state index contributed by atoms with van der Waals surface area (Å²) in [6.07, 6.45) is 0. The first-order valence-corrected chi connectivity index (χ1v) is 5.57. The molecule has 0 saturated heterocycles. The molecule has 1 aromatic heterocycles. The van der Waals surface area contributed by atoms with Crippen molar-refractivity contribution < 1.29 is 9.52 Å². The summed E-state index contributed by atoms with van der Waals surface area (Å²) in [5.41, 5.74) is 2.90. The van der Waals surface area contributed by atoms with Gasteiger partial charge in [-0.25, -0.2) is 0 Å². The number of benzene rings is 1. The van der Waals surface area contributed by atoms with Gasteiger partial charge in [-0.15, -0.1) is 0 Å². The molecule has 0 aliphatic carbocycles. The molecule has 1 heterocycles. The number of aliphatic hydroxyl groups excluding tert-OH is 1. The Balaban J connectivity index is 2.77. The molecule has 2 nitrogen and oxygen atoms in total. The van der Waals surface area contributed by atoms with E-state index in [1.165, 1.54) is 5.56 Å². The lowest BCUT2D eigenvalue weighted by Crippen LogP contribution is -2.22. The molecule has 0 amide bonds. The number of furan rings is 1. The van der Waals surface area contributed by atoms with Crippen LogP contribution in [-0.2, 0) is 5.41 Å². The fraction of sp³-hybridized carbons (Fsp3) is 0.429. The lowest BCUT2D eigenvalue weighted by molar-refractivity contribution is 0.218. The first-order chi connectivity index (χ1) is 7.47. The highest BCUT2D eigenvalue weighted by atomic mass is 16.3. The molecule has 1 aromatic carbocycles. The standard InChI is InChI=1S/C14H18O2/c1-9-10(2)16-13-11(9)6-5-7-12(13)14(3,4)8-15/h5-7,15H,8H2,1-4H3. The van der Waals surface area contributed by atoms with Crippen molar-refractivity contribution >= 4 is 11.0 Å². The second kappa shape index (κ2) is 3.63. The van der Waals surface area contributed by atoms with E-state index >= 15 is 0 Å². The fourth-order valence-corrected chi connectivity index (χ4v) is 1.98. The second-order valence-electron chi connectivity index (χ2n) is 5.01. The molecule has 0 aliphatic heterocycles. The zero-order valence-corrected chi connectivity index (χ0v) is 10.3. The van der Waals surface area contributed by atoms with Crippen LogP contribution in [0.4, 0.5) is 0 Å². The summed E-state index contributed by atoms with van der Waals surface area (Å²) in [5.74, 6) is 0.955. The predicted octanol–water partition coefficient (Wildman–Crippen LogP) is 3.32. The van der Waals surface area contributed by atoms with Gasteiger partial charge in [0.2, 0.25) is 0 Å². The maximum atomic E-state index is 9.44. The van der Waals surface area contributed by atoms with Crippen LogP contribution in [0, 0.1) is 13.8 Å². The fourth-order valence-electron chi connectivity index (χ4n) is 1.98. The molecule has 0 spiro atoms. The molecule has 1 N–H and O–H groups in total. The molecule has 2 aromatic rings. The molecule has 16 heavy (non-hydrogen) atoms. The maximum absolute atomic E-state index is 9.44. The minimum atomic E-state index is -0.268. The Morgan fingerprint density at radius 2 is 1.94 bits per heavy atom. The molecule has 86 valence electrons. The van der Waals surface area contributed by atoms with Gasteiger partial charge in [-0.1, -0.05) is 32.0 Å². The number of aliphatic hydroxyl groups is 1. The topological polar surface area (TPSA) is 33.4 Å². The van der Waals surface area contributed by atoms with E-state index in [-0.39, 0.29) is 12.0 Å². The van der Waals surface area contributed by atoms with Crippen LogP contribution in [0.3, 0.4) is 0 Å². The minimum Gasteiger partial charge on any atom is -0.461 e. The van der Waals surface area contributed by atoms with Crippen molar-refractivity contribution in [3.8, 4) is 0 Å². The lowest BCUT2D eigenvalue weighted by atomic mass is 9.84. The number of rotatable bonds is 2. The number of hydrogen-bond donors (Lipinski definition) is 1. The van der Waals surface area contributed by atoms with Crippen LogP contribution >= 0.6 is 0 Å².